The summed E-state index contributed by atoms with van der Waals surface area (Å²) in [6.45, 7) is 0.420. The molecule has 1 aromatic carbocycles. The molecule has 0 saturated carbocycles. The monoisotopic (exact) mass is 214 g/mol. The van der Waals surface area contributed by atoms with E-state index in [1.807, 2.05) is 18.2 Å². The number of para-hydroxylation sites is 1. The fourth-order valence-corrected chi connectivity index (χ4v) is 0.897. The van der Waals surface area contributed by atoms with E-state index in [2.05, 4.69) is 15.6 Å². The molecule has 5 heteroatoms. The van der Waals surface area contributed by atoms with E-state index in [0.717, 1.165) is 0 Å². The van der Waals surface area contributed by atoms with Gasteiger partial charge in [0, 0.05) is 18.1 Å². The quantitative estimate of drug-likeness (QED) is 0.458. The first kappa shape index (κ1) is 10.8. The number of hydrogen-bond donors (Lipinski definition) is 2. The average Bonchev–Trinajstić information content (AvgIpc) is 2.20. The third kappa shape index (κ3) is 4.11. The van der Waals surface area contributed by atoms with Crippen molar-refractivity contribution in [1.29, 1.82) is 0 Å². The fraction of sp³-hybridized carbons (Fsp3) is 0.222. The Labute approximate surface area is 87.2 Å². The van der Waals surface area contributed by atoms with Crippen LogP contribution in [0.25, 0.3) is 0 Å². The van der Waals surface area contributed by atoms with Gasteiger partial charge in [0.1, 0.15) is 0 Å². The number of anilines is 1. The highest BCUT2D eigenvalue weighted by Gasteiger charge is 2.00. The van der Waals surface area contributed by atoms with Crippen LogP contribution in [0.15, 0.2) is 30.3 Å². The standard InChI is InChI=1S/C9H11ClN2O2/c10-6-7-11-14-9(13)12-8-4-2-1-3-5-8/h1-5,11H,6-7H2,(H,12,13). The second-order valence-electron chi connectivity index (χ2n) is 2.46. The zero-order valence-electron chi connectivity index (χ0n) is 7.50. The summed E-state index contributed by atoms with van der Waals surface area (Å²) in [5.41, 5.74) is 3.10. The van der Waals surface area contributed by atoms with Crippen LogP contribution in [-0.4, -0.2) is 18.5 Å². The Morgan fingerprint density at radius 3 is 2.71 bits per heavy atom. The number of carbonyl (C=O) groups excluding carboxylic acids is 1. The van der Waals surface area contributed by atoms with E-state index in [4.69, 9.17) is 11.6 Å². The van der Waals surface area contributed by atoms with Crippen LogP contribution in [-0.2, 0) is 4.84 Å². The minimum absolute atomic E-state index is 0.388. The van der Waals surface area contributed by atoms with E-state index in [-0.39, 0.29) is 0 Å². The van der Waals surface area contributed by atoms with Gasteiger partial charge in [0.05, 0.1) is 0 Å². The maximum absolute atomic E-state index is 11.0. The molecule has 1 rings (SSSR count). The van der Waals surface area contributed by atoms with Crippen molar-refractivity contribution >= 4 is 23.4 Å². The molecular weight excluding hydrogens is 204 g/mol. The molecule has 0 fully saturated rings. The van der Waals surface area contributed by atoms with Gasteiger partial charge in [-0.2, -0.15) is 5.48 Å². The minimum atomic E-state index is -0.554. The van der Waals surface area contributed by atoms with E-state index in [1.165, 1.54) is 0 Å². The zero-order valence-corrected chi connectivity index (χ0v) is 8.25. The number of benzene rings is 1. The fourth-order valence-electron chi connectivity index (χ4n) is 0.820. The summed E-state index contributed by atoms with van der Waals surface area (Å²) in [5, 5.41) is 2.53. The topological polar surface area (TPSA) is 50.4 Å². The summed E-state index contributed by atoms with van der Waals surface area (Å²) < 4.78 is 0. The van der Waals surface area contributed by atoms with Crippen molar-refractivity contribution in [2.45, 2.75) is 0 Å². The van der Waals surface area contributed by atoms with Crippen LogP contribution in [0.2, 0.25) is 0 Å². The Hall–Kier alpha value is -1.26. The molecular formula is C9H11ClN2O2. The van der Waals surface area contributed by atoms with Crippen molar-refractivity contribution in [2.24, 2.45) is 0 Å². The number of hydroxylamine groups is 1. The van der Waals surface area contributed by atoms with Gasteiger partial charge in [-0.25, -0.2) is 4.79 Å². The molecule has 0 aliphatic heterocycles. The third-order valence-electron chi connectivity index (χ3n) is 1.38. The molecule has 1 amide bonds. The maximum atomic E-state index is 11.0. The molecule has 14 heavy (non-hydrogen) atoms. The summed E-state index contributed by atoms with van der Waals surface area (Å²) >= 11 is 5.37. The Balaban J connectivity index is 2.27. The number of carbonyl (C=O) groups is 1. The first-order valence-electron chi connectivity index (χ1n) is 4.14. The first-order valence-corrected chi connectivity index (χ1v) is 4.68. The van der Waals surface area contributed by atoms with E-state index in [1.54, 1.807) is 12.1 Å². The van der Waals surface area contributed by atoms with Gasteiger partial charge in [-0.05, 0) is 12.1 Å². The van der Waals surface area contributed by atoms with E-state index >= 15 is 0 Å². The van der Waals surface area contributed by atoms with E-state index in [0.29, 0.717) is 18.1 Å². The summed E-state index contributed by atoms with van der Waals surface area (Å²) in [6.07, 6.45) is -0.554. The highest BCUT2D eigenvalue weighted by Crippen LogP contribution is 2.04. The molecule has 0 bridgehead atoms. The van der Waals surface area contributed by atoms with Crippen molar-refractivity contribution < 1.29 is 9.63 Å². The van der Waals surface area contributed by atoms with Gasteiger partial charge < -0.3 is 4.84 Å². The second-order valence-corrected chi connectivity index (χ2v) is 2.84. The number of hydrogen-bond acceptors (Lipinski definition) is 3. The largest absolute Gasteiger partial charge is 0.430 e. The second kappa shape index (κ2) is 6.23. The van der Waals surface area contributed by atoms with Crippen molar-refractivity contribution in [1.82, 2.24) is 5.48 Å². The van der Waals surface area contributed by atoms with Crippen LogP contribution in [0.5, 0.6) is 0 Å². The molecule has 0 unspecified atom stereocenters. The van der Waals surface area contributed by atoms with Crippen molar-refractivity contribution in [3.05, 3.63) is 30.3 Å². The van der Waals surface area contributed by atoms with Crippen molar-refractivity contribution in [2.75, 3.05) is 17.7 Å². The van der Waals surface area contributed by atoms with E-state index < -0.39 is 6.09 Å². The molecule has 0 saturated heterocycles. The smallest absolute Gasteiger partial charge is 0.354 e. The summed E-state index contributed by atoms with van der Waals surface area (Å²) in [7, 11) is 0. The molecule has 0 atom stereocenters. The third-order valence-corrected chi connectivity index (χ3v) is 1.57. The lowest BCUT2D eigenvalue weighted by atomic mass is 10.3. The highest BCUT2D eigenvalue weighted by atomic mass is 35.5. The average molecular weight is 215 g/mol. The number of nitrogens with one attached hydrogen (secondary N) is 2. The highest BCUT2D eigenvalue weighted by molar-refractivity contribution is 6.18. The van der Waals surface area contributed by atoms with Gasteiger partial charge in [-0.1, -0.05) is 18.2 Å². The number of alkyl halides is 1. The molecule has 0 spiro atoms. The molecule has 0 aliphatic carbocycles. The number of amides is 1. The maximum Gasteiger partial charge on any atom is 0.430 e. The van der Waals surface area contributed by atoms with Crippen molar-refractivity contribution in [3.8, 4) is 0 Å². The number of halogens is 1. The molecule has 0 radical (unpaired) electrons. The lowest BCUT2D eigenvalue weighted by molar-refractivity contribution is 0.106. The normalized spacial score (nSPS) is 9.50. The predicted molar refractivity (Wildman–Crippen MR) is 55.3 cm³/mol. The van der Waals surface area contributed by atoms with Crippen LogP contribution < -0.4 is 10.8 Å². The van der Waals surface area contributed by atoms with Gasteiger partial charge in [0.25, 0.3) is 0 Å². The Kier molecular flexibility index (Phi) is 4.82. The SMILES string of the molecule is O=C(Nc1ccccc1)ONCCCl. The summed E-state index contributed by atoms with van der Waals surface area (Å²) in [6, 6.07) is 9.04. The van der Waals surface area contributed by atoms with Gasteiger partial charge in [-0.3, -0.25) is 5.32 Å². The molecule has 0 aliphatic rings. The molecule has 0 aromatic heterocycles. The Bertz CT molecular complexity index is 279. The van der Waals surface area contributed by atoms with Crippen LogP contribution in [0.1, 0.15) is 0 Å². The Morgan fingerprint density at radius 1 is 1.36 bits per heavy atom. The predicted octanol–water partition coefficient (Wildman–Crippen LogP) is 1.98. The van der Waals surface area contributed by atoms with Crippen molar-refractivity contribution in [3.63, 3.8) is 0 Å². The van der Waals surface area contributed by atoms with Crippen LogP contribution in [0, 0.1) is 0 Å². The summed E-state index contributed by atoms with van der Waals surface area (Å²) in [4.78, 5) is 15.7. The van der Waals surface area contributed by atoms with Gasteiger partial charge in [0.2, 0.25) is 0 Å². The molecule has 2 N–H and O–H groups in total. The Morgan fingerprint density at radius 2 is 2.07 bits per heavy atom. The zero-order chi connectivity index (χ0) is 10.2. The van der Waals surface area contributed by atoms with Crippen LogP contribution >= 0.6 is 11.6 Å². The molecule has 76 valence electrons. The van der Waals surface area contributed by atoms with Crippen LogP contribution in [0.4, 0.5) is 10.5 Å². The van der Waals surface area contributed by atoms with Gasteiger partial charge >= 0.3 is 6.09 Å². The minimum Gasteiger partial charge on any atom is -0.354 e. The lowest BCUT2D eigenvalue weighted by Gasteiger charge is -2.05. The van der Waals surface area contributed by atoms with Gasteiger partial charge in [0.15, 0.2) is 0 Å². The summed E-state index contributed by atoms with van der Waals surface area (Å²) in [5.74, 6) is 0.388. The molecule has 1 aromatic rings. The molecule has 0 heterocycles. The number of rotatable bonds is 4. The lowest BCUT2D eigenvalue weighted by Crippen LogP contribution is -2.25. The first-order chi connectivity index (χ1) is 6.83. The molecule has 4 nitrogen and oxygen atoms in total. The van der Waals surface area contributed by atoms with Crippen LogP contribution in [0.3, 0.4) is 0 Å². The van der Waals surface area contributed by atoms with E-state index in [9.17, 15) is 4.79 Å². The van der Waals surface area contributed by atoms with Gasteiger partial charge in [-0.15, -0.1) is 11.6 Å².